The fraction of sp³-hybridized carbons (Fsp3) is 0.176. The van der Waals surface area contributed by atoms with Crippen LogP contribution in [-0.2, 0) is 11.3 Å². The lowest BCUT2D eigenvalue weighted by molar-refractivity contribution is -0.385. The Bertz CT molecular complexity index is 905. The monoisotopic (exact) mass is 358 g/mol. The number of hydrogen-bond donors (Lipinski definition) is 0. The van der Waals surface area contributed by atoms with Gasteiger partial charge in [0.05, 0.1) is 27.3 Å². The summed E-state index contributed by atoms with van der Waals surface area (Å²) in [6.45, 7) is 2.03. The Morgan fingerprint density at radius 2 is 2.08 bits per heavy atom. The van der Waals surface area contributed by atoms with Gasteiger partial charge in [0.15, 0.2) is 5.75 Å². The number of aromatic nitrogens is 1. The Morgan fingerprint density at radius 3 is 2.80 bits per heavy atom. The lowest BCUT2D eigenvalue weighted by Gasteiger charge is -2.06. The van der Waals surface area contributed by atoms with Gasteiger partial charge in [-0.3, -0.25) is 10.1 Å². The molecule has 7 nitrogen and oxygen atoms in total. The van der Waals surface area contributed by atoms with E-state index in [9.17, 15) is 14.9 Å². The Kier molecular flexibility index (Phi) is 4.90. The van der Waals surface area contributed by atoms with Gasteiger partial charge in [-0.15, -0.1) is 11.3 Å². The molecule has 3 rings (SSSR count). The van der Waals surface area contributed by atoms with Crippen LogP contribution in [0.15, 0.2) is 42.5 Å². The minimum atomic E-state index is -0.648. The van der Waals surface area contributed by atoms with Crippen molar-refractivity contribution in [2.75, 3.05) is 6.61 Å². The van der Waals surface area contributed by atoms with Gasteiger partial charge in [-0.2, -0.15) is 0 Å². The predicted molar refractivity (Wildman–Crippen MR) is 93.0 cm³/mol. The molecule has 0 unspecified atom stereocenters. The zero-order valence-electron chi connectivity index (χ0n) is 13.3. The summed E-state index contributed by atoms with van der Waals surface area (Å²) in [6.07, 6.45) is 0. The van der Waals surface area contributed by atoms with Crippen molar-refractivity contribution in [3.05, 3.63) is 63.1 Å². The van der Waals surface area contributed by atoms with Crippen LogP contribution in [0.2, 0.25) is 0 Å². The van der Waals surface area contributed by atoms with Crippen molar-refractivity contribution in [3.8, 4) is 5.75 Å². The number of nitro benzene ring substituents is 1. The van der Waals surface area contributed by atoms with Gasteiger partial charge in [0.2, 0.25) is 0 Å². The molecule has 1 aromatic heterocycles. The van der Waals surface area contributed by atoms with E-state index in [0.717, 1.165) is 16.3 Å². The molecule has 128 valence electrons. The summed E-state index contributed by atoms with van der Waals surface area (Å²) in [5.41, 5.74) is 0.669. The van der Waals surface area contributed by atoms with Crippen LogP contribution in [0, 0.1) is 10.1 Å². The number of esters is 1. The van der Waals surface area contributed by atoms with E-state index in [1.165, 1.54) is 23.5 Å². The summed E-state index contributed by atoms with van der Waals surface area (Å²) in [5, 5.41) is 11.8. The number of fused-ring (bicyclic) bond motifs is 1. The molecule has 0 aliphatic carbocycles. The largest absolute Gasteiger partial charge is 0.487 e. The van der Waals surface area contributed by atoms with Crippen LogP contribution in [0.3, 0.4) is 0 Å². The first kappa shape index (κ1) is 16.8. The van der Waals surface area contributed by atoms with Crippen molar-refractivity contribution < 1.29 is 19.2 Å². The third kappa shape index (κ3) is 3.74. The van der Waals surface area contributed by atoms with Crippen molar-refractivity contribution in [3.63, 3.8) is 0 Å². The van der Waals surface area contributed by atoms with Crippen molar-refractivity contribution >= 4 is 33.2 Å². The quantitative estimate of drug-likeness (QED) is 0.376. The number of para-hydroxylation sites is 1. The standard InChI is InChI=1S/C17H14N2O5S/c1-2-23-14-8-7-11(9-13(14)19(21)22)17(20)24-10-16-18-12-5-3-4-6-15(12)25-16/h3-9H,2,10H2,1H3. The molecule has 0 spiro atoms. The fourth-order valence-electron chi connectivity index (χ4n) is 2.26. The molecule has 8 heteroatoms. The molecule has 0 amide bonds. The van der Waals surface area contributed by atoms with E-state index >= 15 is 0 Å². The lowest BCUT2D eigenvalue weighted by atomic mass is 10.2. The highest BCUT2D eigenvalue weighted by atomic mass is 32.1. The summed E-state index contributed by atoms with van der Waals surface area (Å²) in [7, 11) is 0. The van der Waals surface area contributed by atoms with E-state index in [2.05, 4.69) is 4.98 Å². The van der Waals surface area contributed by atoms with E-state index < -0.39 is 10.9 Å². The highest BCUT2D eigenvalue weighted by Crippen LogP contribution is 2.28. The normalized spacial score (nSPS) is 10.6. The summed E-state index contributed by atoms with van der Waals surface area (Å²) in [5.74, 6) is -0.527. The average Bonchev–Trinajstić information content (AvgIpc) is 3.03. The topological polar surface area (TPSA) is 91.6 Å². The molecule has 0 saturated heterocycles. The van der Waals surface area contributed by atoms with Crippen LogP contribution in [-0.4, -0.2) is 22.5 Å². The van der Waals surface area contributed by atoms with Crippen LogP contribution < -0.4 is 4.74 Å². The SMILES string of the molecule is CCOc1ccc(C(=O)OCc2nc3ccccc3s2)cc1[N+](=O)[O-]. The molecule has 0 aliphatic rings. The number of nitrogens with zero attached hydrogens (tertiary/aromatic N) is 2. The van der Waals surface area contributed by atoms with E-state index in [1.807, 2.05) is 24.3 Å². The molecular formula is C17H14N2O5S. The van der Waals surface area contributed by atoms with Crippen molar-refractivity contribution in [1.82, 2.24) is 4.98 Å². The van der Waals surface area contributed by atoms with Gasteiger partial charge in [0.25, 0.3) is 0 Å². The second-order valence-corrected chi connectivity index (χ2v) is 6.14. The molecular weight excluding hydrogens is 344 g/mol. The Morgan fingerprint density at radius 1 is 1.28 bits per heavy atom. The van der Waals surface area contributed by atoms with Gasteiger partial charge >= 0.3 is 11.7 Å². The van der Waals surface area contributed by atoms with Crippen molar-refractivity contribution in [2.24, 2.45) is 0 Å². The Balaban J connectivity index is 1.74. The molecule has 3 aromatic rings. The number of thiazole rings is 1. The molecule has 2 aromatic carbocycles. The van der Waals surface area contributed by atoms with Crippen LogP contribution in [0.1, 0.15) is 22.3 Å². The van der Waals surface area contributed by atoms with Gasteiger partial charge < -0.3 is 9.47 Å². The zero-order valence-corrected chi connectivity index (χ0v) is 14.1. The van der Waals surface area contributed by atoms with Crippen molar-refractivity contribution in [2.45, 2.75) is 13.5 Å². The fourth-order valence-corrected chi connectivity index (χ4v) is 3.14. The van der Waals surface area contributed by atoms with Crippen LogP contribution >= 0.6 is 11.3 Å². The van der Waals surface area contributed by atoms with E-state index in [4.69, 9.17) is 9.47 Å². The average molecular weight is 358 g/mol. The number of carbonyl (C=O) groups is 1. The molecule has 1 heterocycles. The maximum Gasteiger partial charge on any atom is 0.338 e. The third-order valence-corrected chi connectivity index (χ3v) is 4.37. The zero-order chi connectivity index (χ0) is 17.8. The van der Waals surface area contributed by atoms with Crippen LogP contribution in [0.4, 0.5) is 5.69 Å². The van der Waals surface area contributed by atoms with Gasteiger partial charge in [0, 0.05) is 6.07 Å². The lowest BCUT2D eigenvalue weighted by Crippen LogP contribution is -2.06. The first-order chi connectivity index (χ1) is 12.1. The molecule has 0 radical (unpaired) electrons. The number of ether oxygens (including phenoxy) is 2. The first-order valence-electron chi connectivity index (χ1n) is 7.51. The van der Waals surface area contributed by atoms with E-state index in [1.54, 1.807) is 6.92 Å². The number of rotatable bonds is 6. The predicted octanol–water partition coefficient (Wildman–Crippen LogP) is 3.96. The van der Waals surface area contributed by atoms with Gasteiger partial charge in [-0.1, -0.05) is 12.1 Å². The van der Waals surface area contributed by atoms with Gasteiger partial charge in [-0.05, 0) is 31.2 Å². The molecule has 0 fully saturated rings. The Hall–Kier alpha value is -3.00. The minimum Gasteiger partial charge on any atom is -0.487 e. The Labute approximate surface area is 147 Å². The third-order valence-electron chi connectivity index (χ3n) is 3.36. The van der Waals surface area contributed by atoms with Gasteiger partial charge in [-0.25, -0.2) is 9.78 Å². The summed E-state index contributed by atoms with van der Waals surface area (Å²) < 4.78 is 11.4. The number of carbonyl (C=O) groups excluding carboxylic acids is 1. The molecule has 0 atom stereocenters. The van der Waals surface area contributed by atoms with Gasteiger partial charge in [0.1, 0.15) is 11.6 Å². The summed E-state index contributed by atoms with van der Waals surface area (Å²) in [6, 6.07) is 11.6. The van der Waals surface area contributed by atoms with Crippen molar-refractivity contribution in [1.29, 1.82) is 0 Å². The highest BCUT2D eigenvalue weighted by molar-refractivity contribution is 7.18. The highest BCUT2D eigenvalue weighted by Gasteiger charge is 2.19. The number of hydrogen-bond acceptors (Lipinski definition) is 7. The maximum atomic E-state index is 12.2. The molecule has 25 heavy (non-hydrogen) atoms. The summed E-state index contributed by atoms with van der Waals surface area (Å²) >= 11 is 1.43. The number of benzene rings is 2. The smallest absolute Gasteiger partial charge is 0.338 e. The molecule has 0 saturated carbocycles. The summed E-state index contributed by atoms with van der Waals surface area (Å²) in [4.78, 5) is 27.1. The first-order valence-corrected chi connectivity index (χ1v) is 8.33. The second kappa shape index (κ2) is 7.27. The van der Waals surface area contributed by atoms with Crippen LogP contribution in [0.25, 0.3) is 10.2 Å². The van der Waals surface area contributed by atoms with E-state index in [0.29, 0.717) is 11.6 Å². The maximum absolute atomic E-state index is 12.2. The molecule has 0 bridgehead atoms. The molecule has 0 N–H and O–H groups in total. The van der Waals surface area contributed by atoms with E-state index in [-0.39, 0.29) is 23.6 Å². The minimum absolute atomic E-state index is 0.0131. The van der Waals surface area contributed by atoms with Crippen LogP contribution in [0.5, 0.6) is 5.75 Å². The molecule has 0 aliphatic heterocycles. The number of nitro groups is 1. The second-order valence-electron chi connectivity index (χ2n) is 5.02.